The van der Waals surface area contributed by atoms with Crippen LogP contribution in [0.1, 0.15) is 12.5 Å². The van der Waals surface area contributed by atoms with Crippen molar-refractivity contribution in [2.75, 3.05) is 27.2 Å². The van der Waals surface area contributed by atoms with Crippen LogP contribution in [0.4, 0.5) is 0 Å². The van der Waals surface area contributed by atoms with E-state index in [9.17, 15) is 0 Å². The first-order chi connectivity index (χ1) is 8.58. The molecule has 3 heteroatoms. The van der Waals surface area contributed by atoms with Gasteiger partial charge in [0.1, 0.15) is 5.75 Å². The van der Waals surface area contributed by atoms with Gasteiger partial charge in [-0.2, -0.15) is 0 Å². The zero-order chi connectivity index (χ0) is 13.5. The van der Waals surface area contributed by atoms with Crippen molar-refractivity contribution in [3.8, 4) is 5.75 Å². The Morgan fingerprint density at radius 1 is 1.44 bits per heavy atom. The van der Waals surface area contributed by atoms with Crippen LogP contribution in [0.3, 0.4) is 0 Å². The summed E-state index contributed by atoms with van der Waals surface area (Å²) in [5.41, 5.74) is 7.87. The van der Waals surface area contributed by atoms with E-state index in [0.29, 0.717) is 12.6 Å². The standard InChI is InChI=1S/C15H24N2O/c1-12(10-16)11-17(3)13(2)9-14-7-5-6-8-15(14)18-4/h5-8,13H,1,9-11,16H2,2-4H3. The Balaban J connectivity index is 2.63. The number of nitrogens with zero attached hydrogens (tertiary/aromatic N) is 1. The minimum absolute atomic E-state index is 0.421. The number of benzene rings is 1. The van der Waals surface area contributed by atoms with Crippen LogP contribution in [-0.4, -0.2) is 38.2 Å². The first-order valence-corrected chi connectivity index (χ1v) is 6.27. The number of para-hydroxylation sites is 1. The molecule has 0 bridgehead atoms. The molecule has 0 aliphatic heterocycles. The molecule has 2 N–H and O–H groups in total. The van der Waals surface area contributed by atoms with E-state index in [-0.39, 0.29) is 0 Å². The van der Waals surface area contributed by atoms with E-state index < -0.39 is 0 Å². The van der Waals surface area contributed by atoms with Crippen LogP contribution < -0.4 is 10.5 Å². The van der Waals surface area contributed by atoms with E-state index >= 15 is 0 Å². The molecule has 3 nitrogen and oxygen atoms in total. The Labute approximate surface area is 110 Å². The minimum Gasteiger partial charge on any atom is -0.496 e. The van der Waals surface area contributed by atoms with Gasteiger partial charge in [0.2, 0.25) is 0 Å². The number of rotatable bonds is 7. The van der Waals surface area contributed by atoms with Gasteiger partial charge in [-0.25, -0.2) is 0 Å². The Morgan fingerprint density at radius 3 is 2.72 bits per heavy atom. The Bertz CT molecular complexity index is 390. The normalized spacial score (nSPS) is 12.5. The molecule has 0 aliphatic rings. The smallest absolute Gasteiger partial charge is 0.122 e. The third-order valence-corrected chi connectivity index (χ3v) is 3.22. The van der Waals surface area contributed by atoms with Crippen LogP contribution >= 0.6 is 0 Å². The van der Waals surface area contributed by atoms with Gasteiger partial charge in [0, 0.05) is 19.1 Å². The highest BCUT2D eigenvalue weighted by molar-refractivity contribution is 5.33. The van der Waals surface area contributed by atoms with Crippen LogP contribution in [-0.2, 0) is 6.42 Å². The summed E-state index contributed by atoms with van der Waals surface area (Å²) < 4.78 is 5.37. The molecular weight excluding hydrogens is 224 g/mol. The van der Waals surface area contributed by atoms with Gasteiger partial charge in [-0.05, 0) is 37.6 Å². The van der Waals surface area contributed by atoms with Crippen molar-refractivity contribution in [1.29, 1.82) is 0 Å². The van der Waals surface area contributed by atoms with Crippen LogP contribution in [0.2, 0.25) is 0 Å². The van der Waals surface area contributed by atoms with Crippen molar-refractivity contribution in [3.63, 3.8) is 0 Å². The fraction of sp³-hybridized carbons (Fsp3) is 0.467. The maximum Gasteiger partial charge on any atom is 0.122 e. The largest absolute Gasteiger partial charge is 0.496 e. The van der Waals surface area contributed by atoms with Gasteiger partial charge in [-0.3, -0.25) is 4.90 Å². The van der Waals surface area contributed by atoms with E-state index in [1.54, 1.807) is 7.11 Å². The van der Waals surface area contributed by atoms with Crippen LogP contribution in [0.15, 0.2) is 36.4 Å². The molecule has 0 heterocycles. The first-order valence-electron chi connectivity index (χ1n) is 6.27. The summed E-state index contributed by atoms with van der Waals surface area (Å²) in [5.74, 6) is 0.954. The highest BCUT2D eigenvalue weighted by atomic mass is 16.5. The topological polar surface area (TPSA) is 38.5 Å². The molecule has 1 aromatic carbocycles. The van der Waals surface area contributed by atoms with E-state index in [2.05, 4.69) is 31.5 Å². The lowest BCUT2D eigenvalue weighted by Crippen LogP contribution is -2.33. The average Bonchev–Trinajstić information content (AvgIpc) is 2.39. The Kier molecular flexibility index (Phi) is 5.89. The molecule has 1 atom stereocenters. The van der Waals surface area contributed by atoms with Crippen molar-refractivity contribution >= 4 is 0 Å². The molecule has 0 saturated carbocycles. The fourth-order valence-electron chi connectivity index (χ4n) is 1.92. The van der Waals surface area contributed by atoms with Crippen molar-refractivity contribution in [2.45, 2.75) is 19.4 Å². The molecule has 0 radical (unpaired) electrons. The van der Waals surface area contributed by atoms with Crippen LogP contribution in [0.5, 0.6) is 5.75 Å². The summed E-state index contributed by atoms with van der Waals surface area (Å²) in [5, 5.41) is 0. The number of nitrogens with two attached hydrogens (primary N) is 1. The molecule has 0 aliphatic carbocycles. The van der Waals surface area contributed by atoms with Crippen molar-refractivity contribution < 1.29 is 4.74 Å². The Morgan fingerprint density at radius 2 is 2.11 bits per heavy atom. The maximum atomic E-state index is 5.57. The van der Waals surface area contributed by atoms with Gasteiger partial charge in [-0.15, -0.1) is 0 Å². The van der Waals surface area contributed by atoms with Gasteiger partial charge < -0.3 is 10.5 Å². The second-order valence-corrected chi connectivity index (χ2v) is 4.73. The van der Waals surface area contributed by atoms with E-state index in [1.807, 2.05) is 18.2 Å². The van der Waals surface area contributed by atoms with Crippen LogP contribution in [0.25, 0.3) is 0 Å². The third-order valence-electron chi connectivity index (χ3n) is 3.22. The highest BCUT2D eigenvalue weighted by Gasteiger charge is 2.12. The molecule has 0 aromatic heterocycles. The van der Waals surface area contributed by atoms with Gasteiger partial charge in [0.05, 0.1) is 7.11 Å². The van der Waals surface area contributed by atoms with Gasteiger partial charge >= 0.3 is 0 Å². The number of likely N-dealkylation sites (N-methyl/N-ethyl adjacent to an activating group) is 1. The Hall–Kier alpha value is -1.32. The number of ether oxygens (including phenoxy) is 1. The van der Waals surface area contributed by atoms with E-state index in [0.717, 1.165) is 24.3 Å². The highest BCUT2D eigenvalue weighted by Crippen LogP contribution is 2.20. The fourth-order valence-corrected chi connectivity index (χ4v) is 1.92. The molecule has 100 valence electrons. The van der Waals surface area contributed by atoms with Crippen molar-refractivity contribution in [3.05, 3.63) is 42.0 Å². The van der Waals surface area contributed by atoms with E-state index in [1.165, 1.54) is 5.56 Å². The predicted octanol–water partition coefficient (Wildman–Crippen LogP) is 2.07. The van der Waals surface area contributed by atoms with Gasteiger partial charge in [0.25, 0.3) is 0 Å². The SMILES string of the molecule is C=C(CN)CN(C)C(C)Cc1ccccc1OC. The summed E-state index contributed by atoms with van der Waals surface area (Å²) in [6.07, 6.45) is 0.957. The molecule has 0 saturated heterocycles. The van der Waals surface area contributed by atoms with Crippen molar-refractivity contribution in [2.24, 2.45) is 5.73 Å². The first kappa shape index (κ1) is 14.7. The molecule has 18 heavy (non-hydrogen) atoms. The molecule has 0 fully saturated rings. The minimum atomic E-state index is 0.421. The van der Waals surface area contributed by atoms with Crippen molar-refractivity contribution in [1.82, 2.24) is 4.90 Å². The second kappa shape index (κ2) is 7.19. The molecule has 1 aromatic rings. The lowest BCUT2D eigenvalue weighted by atomic mass is 10.0. The molecule has 1 rings (SSSR count). The maximum absolute atomic E-state index is 5.57. The lowest BCUT2D eigenvalue weighted by molar-refractivity contribution is 0.274. The van der Waals surface area contributed by atoms with Gasteiger partial charge in [0.15, 0.2) is 0 Å². The summed E-state index contributed by atoms with van der Waals surface area (Å²) in [6, 6.07) is 8.57. The quantitative estimate of drug-likeness (QED) is 0.751. The zero-order valence-electron chi connectivity index (χ0n) is 11.6. The second-order valence-electron chi connectivity index (χ2n) is 4.73. The molecule has 0 amide bonds. The molecule has 0 spiro atoms. The summed E-state index contributed by atoms with van der Waals surface area (Å²) in [4.78, 5) is 2.27. The monoisotopic (exact) mass is 248 g/mol. The van der Waals surface area contributed by atoms with Crippen LogP contribution in [0, 0.1) is 0 Å². The number of hydrogen-bond acceptors (Lipinski definition) is 3. The number of hydrogen-bond donors (Lipinski definition) is 1. The van der Waals surface area contributed by atoms with Gasteiger partial charge in [-0.1, -0.05) is 24.8 Å². The average molecular weight is 248 g/mol. The zero-order valence-corrected chi connectivity index (χ0v) is 11.6. The molecular formula is C15H24N2O. The summed E-state index contributed by atoms with van der Waals surface area (Å²) in [7, 11) is 3.81. The summed E-state index contributed by atoms with van der Waals surface area (Å²) in [6.45, 7) is 7.54. The summed E-state index contributed by atoms with van der Waals surface area (Å²) >= 11 is 0. The predicted molar refractivity (Wildman–Crippen MR) is 77.0 cm³/mol. The number of methoxy groups -OCH3 is 1. The lowest BCUT2D eigenvalue weighted by Gasteiger charge is -2.26. The van der Waals surface area contributed by atoms with E-state index in [4.69, 9.17) is 10.5 Å². The molecule has 1 unspecified atom stereocenters. The third kappa shape index (κ3) is 4.17.